The summed E-state index contributed by atoms with van der Waals surface area (Å²) in [5.41, 5.74) is 5.47. The molecule has 0 aromatic carbocycles. The van der Waals surface area contributed by atoms with Crippen LogP contribution in [0.1, 0.15) is 12.8 Å². The Kier molecular flexibility index (Phi) is 4.94. The van der Waals surface area contributed by atoms with E-state index in [-0.39, 0.29) is 18.9 Å². The van der Waals surface area contributed by atoms with Gasteiger partial charge in [-0.1, -0.05) is 0 Å². The van der Waals surface area contributed by atoms with E-state index in [0.29, 0.717) is 18.7 Å². The predicted molar refractivity (Wildman–Crippen MR) is 59.6 cm³/mol. The van der Waals surface area contributed by atoms with Gasteiger partial charge in [0.05, 0.1) is 12.7 Å². The molecule has 1 fully saturated rings. The molecule has 0 bridgehead atoms. The highest BCUT2D eigenvalue weighted by atomic mass is 16.5. The molecule has 0 spiro atoms. The van der Waals surface area contributed by atoms with Gasteiger partial charge >= 0.3 is 0 Å². The molecule has 6 heteroatoms. The quantitative estimate of drug-likeness (QED) is 0.374. The number of nitrogens with two attached hydrogens (primary N) is 1. The average Bonchev–Trinajstić information content (AvgIpc) is 2.78. The van der Waals surface area contributed by atoms with E-state index in [1.54, 1.807) is 7.05 Å². The fourth-order valence-corrected chi connectivity index (χ4v) is 1.48. The van der Waals surface area contributed by atoms with Crippen LogP contribution in [0.25, 0.3) is 0 Å². The molecular formula is C10H17N3O3. The van der Waals surface area contributed by atoms with Crippen LogP contribution >= 0.6 is 0 Å². The van der Waals surface area contributed by atoms with Crippen LogP contribution in [0.5, 0.6) is 0 Å². The molecule has 2 unspecified atom stereocenters. The summed E-state index contributed by atoms with van der Waals surface area (Å²) in [6.07, 6.45) is 4.68. The van der Waals surface area contributed by atoms with E-state index in [1.165, 1.54) is 17.2 Å². The Morgan fingerprint density at radius 3 is 2.94 bits per heavy atom. The fraction of sp³-hybridized carbons (Fsp3) is 0.600. The lowest BCUT2D eigenvalue weighted by Crippen LogP contribution is -2.30. The minimum absolute atomic E-state index is 0.0224. The molecule has 0 saturated carbocycles. The van der Waals surface area contributed by atoms with Crippen LogP contribution in [-0.4, -0.2) is 48.2 Å². The third-order valence-corrected chi connectivity index (χ3v) is 2.42. The Bertz CT molecular complexity index is 291. The molecular weight excluding hydrogens is 210 g/mol. The van der Waals surface area contributed by atoms with Gasteiger partial charge in [0.25, 0.3) is 0 Å². The lowest BCUT2D eigenvalue weighted by atomic mass is 10.2. The van der Waals surface area contributed by atoms with E-state index in [0.717, 1.165) is 6.42 Å². The van der Waals surface area contributed by atoms with E-state index >= 15 is 0 Å². The van der Waals surface area contributed by atoms with Gasteiger partial charge in [0, 0.05) is 13.2 Å². The number of aliphatic imine (C=N–C) groups is 1. The summed E-state index contributed by atoms with van der Waals surface area (Å²) in [6.45, 7) is -0.0224. The molecule has 0 aliphatic carbocycles. The maximum Gasteiger partial charge on any atom is 0.215 e. The van der Waals surface area contributed by atoms with Crippen molar-refractivity contribution in [1.29, 1.82) is 0 Å². The molecule has 16 heavy (non-hydrogen) atoms. The zero-order valence-corrected chi connectivity index (χ0v) is 9.24. The van der Waals surface area contributed by atoms with Crippen LogP contribution < -0.4 is 5.73 Å². The highest BCUT2D eigenvalue weighted by Crippen LogP contribution is 2.21. The summed E-state index contributed by atoms with van der Waals surface area (Å²) in [4.78, 5) is 16.0. The highest BCUT2D eigenvalue weighted by Gasteiger charge is 2.27. The summed E-state index contributed by atoms with van der Waals surface area (Å²) < 4.78 is 5.44. The van der Waals surface area contributed by atoms with E-state index in [2.05, 4.69) is 4.99 Å². The van der Waals surface area contributed by atoms with E-state index in [9.17, 15) is 4.79 Å². The number of aliphatic hydroxyl groups excluding tert-OH is 1. The number of rotatable bonds is 5. The van der Waals surface area contributed by atoms with Crippen LogP contribution in [0.2, 0.25) is 0 Å². The summed E-state index contributed by atoms with van der Waals surface area (Å²) in [5.74, 6) is 0.337. The molecule has 0 aromatic heterocycles. The van der Waals surface area contributed by atoms with Gasteiger partial charge in [-0.3, -0.25) is 14.7 Å². The van der Waals surface area contributed by atoms with Gasteiger partial charge in [0.2, 0.25) is 6.41 Å². The van der Waals surface area contributed by atoms with Gasteiger partial charge in [0.1, 0.15) is 12.1 Å². The number of carbonyl (C=O) groups is 1. The van der Waals surface area contributed by atoms with Crippen molar-refractivity contribution in [3.05, 3.63) is 12.3 Å². The predicted octanol–water partition coefficient (Wildman–Crippen LogP) is -0.557. The van der Waals surface area contributed by atoms with Gasteiger partial charge in [-0.25, -0.2) is 0 Å². The molecule has 0 aromatic rings. The second kappa shape index (κ2) is 6.24. The first-order valence-corrected chi connectivity index (χ1v) is 5.10. The van der Waals surface area contributed by atoms with E-state index < -0.39 is 0 Å². The van der Waals surface area contributed by atoms with Crippen molar-refractivity contribution in [2.24, 2.45) is 10.7 Å². The molecule has 1 amide bonds. The third kappa shape index (κ3) is 3.32. The van der Waals surface area contributed by atoms with Crippen LogP contribution in [-0.2, 0) is 9.53 Å². The maximum absolute atomic E-state index is 10.8. The smallest absolute Gasteiger partial charge is 0.215 e. The summed E-state index contributed by atoms with van der Waals surface area (Å²) in [5, 5.41) is 8.91. The monoisotopic (exact) mass is 227 g/mol. The van der Waals surface area contributed by atoms with Crippen LogP contribution in [0, 0.1) is 0 Å². The first kappa shape index (κ1) is 12.7. The largest absolute Gasteiger partial charge is 0.394 e. The second-order valence-corrected chi connectivity index (χ2v) is 3.49. The summed E-state index contributed by atoms with van der Waals surface area (Å²) in [6, 6.07) is 0. The Balaban J connectivity index is 2.55. The Hall–Kier alpha value is -1.40. The zero-order valence-electron chi connectivity index (χ0n) is 9.24. The van der Waals surface area contributed by atoms with Crippen LogP contribution in [0.15, 0.2) is 17.3 Å². The van der Waals surface area contributed by atoms with Crippen molar-refractivity contribution in [2.45, 2.75) is 25.2 Å². The minimum atomic E-state index is -0.324. The molecule has 1 aliphatic heterocycles. The number of aliphatic hydroxyl groups is 1. The number of hydrogen-bond acceptors (Lipinski definition) is 4. The molecule has 1 rings (SSSR count). The molecule has 6 nitrogen and oxygen atoms in total. The first-order chi connectivity index (χ1) is 7.71. The molecule has 0 radical (unpaired) electrons. The molecule has 1 aliphatic rings. The fourth-order valence-electron chi connectivity index (χ4n) is 1.48. The van der Waals surface area contributed by atoms with Crippen molar-refractivity contribution in [3.8, 4) is 0 Å². The SMILES string of the molecule is CN=C(N)/C=C\N(C=O)C1CCC(CO)O1. The molecule has 90 valence electrons. The van der Waals surface area contributed by atoms with Crippen molar-refractivity contribution in [3.63, 3.8) is 0 Å². The number of amides is 1. The van der Waals surface area contributed by atoms with Crippen molar-refractivity contribution in [2.75, 3.05) is 13.7 Å². The standard InChI is InChI=1S/C10H17N3O3/c1-12-9(11)4-5-13(7-15)10-3-2-8(6-14)16-10/h4-5,7-8,10,14H,2-3,6H2,1H3,(H2,11,12)/b5-4-. The van der Waals surface area contributed by atoms with Gasteiger partial charge in [-0.2, -0.15) is 0 Å². The van der Waals surface area contributed by atoms with E-state index in [1.807, 2.05) is 0 Å². The maximum atomic E-state index is 10.8. The zero-order chi connectivity index (χ0) is 12.0. The second-order valence-electron chi connectivity index (χ2n) is 3.49. The molecule has 1 heterocycles. The lowest BCUT2D eigenvalue weighted by Gasteiger charge is -2.20. The van der Waals surface area contributed by atoms with Crippen LogP contribution in [0.4, 0.5) is 0 Å². The van der Waals surface area contributed by atoms with Crippen molar-refractivity contribution < 1.29 is 14.6 Å². The topological polar surface area (TPSA) is 88.2 Å². The van der Waals surface area contributed by atoms with Gasteiger partial charge in [-0.05, 0) is 18.9 Å². The molecule has 1 saturated heterocycles. The Morgan fingerprint density at radius 1 is 1.69 bits per heavy atom. The molecule has 3 N–H and O–H groups in total. The Labute approximate surface area is 94.4 Å². The van der Waals surface area contributed by atoms with Gasteiger partial charge < -0.3 is 15.6 Å². The third-order valence-electron chi connectivity index (χ3n) is 2.42. The van der Waals surface area contributed by atoms with Crippen molar-refractivity contribution in [1.82, 2.24) is 4.90 Å². The highest BCUT2D eigenvalue weighted by molar-refractivity contribution is 5.91. The van der Waals surface area contributed by atoms with Crippen LogP contribution in [0.3, 0.4) is 0 Å². The Morgan fingerprint density at radius 2 is 2.44 bits per heavy atom. The minimum Gasteiger partial charge on any atom is -0.394 e. The van der Waals surface area contributed by atoms with Crippen molar-refractivity contribution >= 4 is 12.2 Å². The van der Waals surface area contributed by atoms with E-state index in [4.69, 9.17) is 15.6 Å². The molecule has 2 atom stereocenters. The van der Waals surface area contributed by atoms with Gasteiger partial charge in [-0.15, -0.1) is 0 Å². The number of ether oxygens (including phenoxy) is 1. The summed E-state index contributed by atoms with van der Waals surface area (Å²) in [7, 11) is 1.57. The number of amidine groups is 1. The van der Waals surface area contributed by atoms with Gasteiger partial charge in [0.15, 0.2) is 0 Å². The number of carbonyl (C=O) groups excluding carboxylic acids is 1. The number of hydrogen-bond donors (Lipinski definition) is 2. The first-order valence-electron chi connectivity index (χ1n) is 5.10. The number of nitrogens with zero attached hydrogens (tertiary/aromatic N) is 2. The average molecular weight is 227 g/mol. The normalized spacial score (nSPS) is 26.2. The lowest BCUT2D eigenvalue weighted by molar-refractivity contribution is -0.127. The summed E-state index contributed by atoms with van der Waals surface area (Å²) >= 11 is 0.